The fraction of sp³-hybridized carbons (Fsp3) is 0.560. The number of allylic oxidation sites excluding steroid dienone is 8. The predicted molar refractivity (Wildman–Crippen MR) is 133 cm³/mol. The van der Waals surface area contributed by atoms with Crippen molar-refractivity contribution in [1.82, 2.24) is 5.32 Å². The predicted octanol–water partition coefficient (Wildman–Crippen LogP) is 4.91. The lowest BCUT2D eigenvalue weighted by molar-refractivity contribution is -0.117. The van der Waals surface area contributed by atoms with Crippen LogP contribution in [0.15, 0.2) is 59.8 Å². The molecule has 0 aromatic heterocycles. The zero-order chi connectivity index (χ0) is 24.8. The van der Waals surface area contributed by atoms with E-state index in [1.807, 2.05) is 19.1 Å². The van der Waals surface area contributed by atoms with Crippen LogP contribution >= 0.6 is 0 Å². The molecule has 6 nitrogen and oxygen atoms in total. The van der Waals surface area contributed by atoms with Crippen LogP contribution in [0.2, 0.25) is 0 Å². The number of hydrogen-bond donors (Lipinski definition) is 3. The van der Waals surface area contributed by atoms with E-state index in [0.29, 0.717) is 5.57 Å². The molecule has 0 spiro atoms. The monoisotopic (exact) mass is 467 g/mol. The Morgan fingerprint density at radius 1 is 1.19 bits per heavy atom. The normalized spacial score (nSPS) is 16.3. The van der Waals surface area contributed by atoms with Gasteiger partial charge in [-0.2, -0.15) is 8.42 Å². The summed E-state index contributed by atoms with van der Waals surface area (Å²) < 4.78 is 30.6. The third-order valence-electron chi connectivity index (χ3n) is 5.28. The van der Waals surface area contributed by atoms with Gasteiger partial charge in [0.05, 0.1) is 18.4 Å². The zero-order valence-electron chi connectivity index (χ0n) is 20.2. The molecule has 1 unspecified atom stereocenters. The number of amides is 1. The summed E-state index contributed by atoms with van der Waals surface area (Å²) in [5.41, 5.74) is 3.27. The fourth-order valence-electron chi connectivity index (χ4n) is 3.07. The Labute approximate surface area is 194 Å². The Morgan fingerprint density at radius 3 is 2.38 bits per heavy atom. The smallest absolute Gasteiger partial charge is 0.266 e. The third kappa shape index (κ3) is 15.8. The van der Waals surface area contributed by atoms with Crippen molar-refractivity contribution in [2.24, 2.45) is 5.41 Å². The maximum absolute atomic E-state index is 11.9. The molecule has 0 fully saturated rings. The summed E-state index contributed by atoms with van der Waals surface area (Å²) in [6.45, 7) is 13.8. The van der Waals surface area contributed by atoms with Crippen LogP contribution < -0.4 is 5.32 Å². The van der Waals surface area contributed by atoms with Crippen LogP contribution in [0.25, 0.3) is 0 Å². The van der Waals surface area contributed by atoms with E-state index in [1.54, 1.807) is 13.0 Å². The summed E-state index contributed by atoms with van der Waals surface area (Å²) in [5, 5.41) is 11.5. The minimum atomic E-state index is -4.29. The molecule has 0 aliphatic rings. The van der Waals surface area contributed by atoms with Gasteiger partial charge in [0.2, 0.25) is 5.91 Å². The van der Waals surface area contributed by atoms with E-state index < -0.39 is 34.4 Å². The topological polar surface area (TPSA) is 104 Å². The number of carbonyl (C=O) groups excluding carboxylic acids is 1. The number of aliphatic hydroxyl groups excluding tert-OH is 1. The van der Waals surface area contributed by atoms with Gasteiger partial charge >= 0.3 is 0 Å². The van der Waals surface area contributed by atoms with Crippen LogP contribution in [0, 0.1) is 5.41 Å². The second kappa shape index (κ2) is 15.0. The van der Waals surface area contributed by atoms with E-state index in [9.17, 15) is 13.2 Å². The number of aliphatic hydroxyl groups is 1. The SMILES string of the molecule is C=C(C)CCCC(C)(CC)C/C=C/C(C)=C/C=C/C(C)=C/C(=O)N[C@H](CO)CS(=O)(=O)O. The molecule has 7 heteroatoms. The Hall–Kier alpha value is -1.96. The van der Waals surface area contributed by atoms with Crippen molar-refractivity contribution in [2.75, 3.05) is 12.4 Å². The Bertz CT molecular complexity index is 836. The molecule has 1 amide bonds. The molecule has 0 saturated heterocycles. The average Bonchev–Trinajstić information content (AvgIpc) is 2.65. The lowest BCUT2D eigenvalue weighted by atomic mass is 9.79. The molecule has 0 saturated carbocycles. The first-order valence-corrected chi connectivity index (χ1v) is 12.6. The molecular formula is C25H41NO5S. The minimum Gasteiger partial charge on any atom is -0.394 e. The second-order valence-corrected chi connectivity index (χ2v) is 10.4. The summed E-state index contributed by atoms with van der Waals surface area (Å²) >= 11 is 0. The highest BCUT2D eigenvalue weighted by Crippen LogP contribution is 2.33. The Balaban J connectivity index is 4.76. The van der Waals surface area contributed by atoms with Crippen molar-refractivity contribution in [3.8, 4) is 0 Å². The van der Waals surface area contributed by atoms with Gasteiger partial charge in [-0.25, -0.2) is 0 Å². The highest BCUT2D eigenvalue weighted by atomic mass is 32.2. The van der Waals surface area contributed by atoms with Crippen LogP contribution in [0.4, 0.5) is 0 Å². The van der Waals surface area contributed by atoms with Crippen LogP contribution in [-0.4, -0.2) is 42.4 Å². The van der Waals surface area contributed by atoms with Gasteiger partial charge in [0, 0.05) is 6.08 Å². The minimum absolute atomic E-state index is 0.288. The van der Waals surface area contributed by atoms with Gasteiger partial charge in [-0.15, -0.1) is 6.58 Å². The number of carbonyl (C=O) groups is 1. The van der Waals surface area contributed by atoms with E-state index in [2.05, 4.69) is 44.8 Å². The van der Waals surface area contributed by atoms with Gasteiger partial charge in [-0.3, -0.25) is 9.35 Å². The van der Waals surface area contributed by atoms with Gasteiger partial charge in [0.1, 0.15) is 0 Å². The first-order chi connectivity index (χ1) is 14.8. The zero-order valence-corrected chi connectivity index (χ0v) is 21.0. The number of hydrogen-bond acceptors (Lipinski definition) is 4. The van der Waals surface area contributed by atoms with Gasteiger partial charge in [0.25, 0.3) is 10.1 Å². The van der Waals surface area contributed by atoms with Crippen molar-refractivity contribution in [2.45, 2.75) is 72.8 Å². The van der Waals surface area contributed by atoms with Gasteiger partial charge in [-0.1, -0.05) is 61.8 Å². The standard InChI is InChI=1S/C25H41NO5S/c1-7-25(6,15-9-11-20(2)3)16-10-14-21(4)12-8-13-22(5)17-24(28)26-23(18-27)19-32(29,30)31/h8,10,12-14,17,23,27H,2,7,9,11,15-16,18-19H2,1,3-6H3,(H,26,28)(H,29,30,31)/b13-8+,14-10+,21-12+,22-17+/t23-,25?/m1/s1. The van der Waals surface area contributed by atoms with Gasteiger partial charge in [-0.05, 0) is 57.4 Å². The lowest BCUT2D eigenvalue weighted by Gasteiger charge is -2.27. The van der Waals surface area contributed by atoms with Crippen molar-refractivity contribution >= 4 is 16.0 Å². The first kappa shape index (κ1) is 30.0. The largest absolute Gasteiger partial charge is 0.394 e. The molecule has 2 atom stereocenters. The van der Waals surface area contributed by atoms with E-state index in [4.69, 9.17) is 9.66 Å². The molecule has 182 valence electrons. The maximum Gasteiger partial charge on any atom is 0.266 e. The highest BCUT2D eigenvalue weighted by Gasteiger charge is 2.19. The lowest BCUT2D eigenvalue weighted by Crippen LogP contribution is -2.41. The van der Waals surface area contributed by atoms with E-state index in [1.165, 1.54) is 24.5 Å². The molecule has 3 N–H and O–H groups in total. The summed E-state index contributed by atoms with van der Waals surface area (Å²) in [6, 6.07) is -1.06. The molecule has 0 rings (SSSR count). The summed E-state index contributed by atoms with van der Waals surface area (Å²) in [6.07, 6.45) is 16.7. The van der Waals surface area contributed by atoms with E-state index >= 15 is 0 Å². The van der Waals surface area contributed by atoms with Crippen LogP contribution in [-0.2, 0) is 14.9 Å². The molecule has 0 aliphatic carbocycles. The Kier molecular flexibility index (Phi) is 14.1. The number of rotatable bonds is 15. The molecule has 0 radical (unpaired) electrons. The average molecular weight is 468 g/mol. The van der Waals surface area contributed by atoms with Crippen LogP contribution in [0.3, 0.4) is 0 Å². The van der Waals surface area contributed by atoms with Crippen molar-refractivity contribution < 1.29 is 22.9 Å². The van der Waals surface area contributed by atoms with E-state index in [-0.39, 0.29) is 5.41 Å². The highest BCUT2D eigenvalue weighted by molar-refractivity contribution is 7.85. The van der Waals surface area contributed by atoms with Crippen molar-refractivity contribution in [1.29, 1.82) is 0 Å². The summed E-state index contributed by atoms with van der Waals surface area (Å²) in [5.74, 6) is -1.28. The Morgan fingerprint density at radius 2 is 1.84 bits per heavy atom. The second-order valence-electron chi connectivity index (χ2n) is 8.88. The molecule has 0 aromatic rings. The quantitative estimate of drug-likeness (QED) is 0.137. The van der Waals surface area contributed by atoms with Crippen molar-refractivity contribution in [3.63, 3.8) is 0 Å². The number of nitrogens with one attached hydrogen (secondary N) is 1. The van der Waals surface area contributed by atoms with Gasteiger partial charge in [0.15, 0.2) is 0 Å². The molecular weight excluding hydrogens is 426 g/mol. The summed E-state index contributed by atoms with van der Waals surface area (Å²) in [7, 11) is -4.29. The van der Waals surface area contributed by atoms with Gasteiger partial charge < -0.3 is 10.4 Å². The fourth-order valence-corrected chi connectivity index (χ4v) is 3.77. The molecule has 0 heterocycles. The molecule has 0 bridgehead atoms. The molecule has 0 aliphatic heterocycles. The van der Waals surface area contributed by atoms with E-state index in [0.717, 1.165) is 24.8 Å². The third-order valence-corrected chi connectivity index (χ3v) is 6.11. The molecule has 0 aromatic carbocycles. The summed E-state index contributed by atoms with van der Waals surface area (Å²) in [4.78, 5) is 11.9. The molecule has 32 heavy (non-hydrogen) atoms. The van der Waals surface area contributed by atoms with Crippen LogP contribution in [0.5, 0.6) is 0 Å². The first-order valence-electron chi connectivity index (χ1n) is 11.0. The van der Waals surface area contributed by atoms with Crippen molar-refractivity contribution in [3.05, 3.63) is 59.8 Å². The van der Waals surface area contributed by atoms with Crippen LogP contribution in [0.1, 0.15) is 66.7 Å². The maximum atomic E-state index is 11.9.